The largest absolute Gasteiger partial charge is 0.508 e. The first-order valence-electron chi connectivity index (χ1n) is 18.0. The van der Waals surface area contributed by atoms with Crippen LogP contribution in [-0.4, -0.2) is 81.3 Å². The van der Waals surface area contributed by atoms with Gasteiger partial charge in [-0.15, -0.1) is 0 Å². The summed E-state index contributed by atoms with van der Waals surface area (Å²) in [6, 6.07) is 6.03. The maximum absolute atomic E-state index is 17.8. The maximum Gasteiger partial charge on any atom is 0.319 e. The highest BCUT2D eigenvalue weighted by Crippen LogP contribution is 2.48. The minimum absolute atomic E-state index is 0.0567. The molecule has 3 aromatic rings. The third-order valence-corrected chi connectivity index (χ3v) is 11.0. The first kappa shape index (κ1) is 33.6. The van der Waals surface area contributed by atoms with Crippen molar-refractivity contribution in [1.82, 2.24) is 14.9 Å². The molecule has 0 amide bonds. The van der Waals surface area contributed by atoms with Crippen molar-refractivity contribution in [3.63, 3.8) is 0 Å². The number of benzene rings is 2. The molecule has 3 fully saturated rings. The predicted molar refractivity (Wildman–Crippen MR) is 191 cm³/mol. The van der Waals surface area contributed by atoms with Gasteiger partial charge in [0.25, 0.3) is 0 Å². The molecule has 0 spiro atoms. The van der Waals surface area contributed by atoms with Crippen LogP contribution in [0, 0.1) is 5.82 Å². The van der Waals surface area contributed by atoms with Gasteiger partial charge in [-0.2, -0.15) is 9.97 Å². The van der Waals surface area contributed by atoms with E-state index in [1.54, 1.807) is 12.1 Å². The summed E-state index contributed by atoms with van der Waals surface area (Å²) in [5, 5.41) is 22.8. The van der Waals surface area contributed by atoms with Gasteiger partial charge in [-0.3, -0.25) is 9.89 Å². The Balaban J connectivity index is 1.49. The van der Waals surface area contributed by atoms with Crippen LogP contribution in [-0.2, 0) is 6.42 Å². The van der Waals surface area contributed by atoms with Gasteiger partial charge in [0.05, 0.1) is 22.9 Å². The summed E-state index contributed by atoms with van der Waals surface area (Å²) in [5.41, 5.74) is 2.52. The number of rotatable bonds is 8. The average molecular weight is 672 g/mol. The lowest BCUT2D eigenvalue weighted by molar-refractivity contribution is 0.107. The standard InChI is InChI=1S/C39H47F2N5O3/c1-5-23(4)42-35-28(7-3)33-36(34(41)32(35)29-20-26(48)19-24-12-13-30(40)27(6-2)31(24)29)43-38(44-37(33)45-16-8-11-25(47)21-45)49-22-39-14-9-17-46(39)18-10-15-39/h7,12-13,19-20,23,25,47-48H,5-6,8-11,14-18,21-22H2,1-4H3/b28-7-,42-35?. The van der Waals surface area contributed by atoms with Gasteiger partial charge in [0, 0.05) is 30.3 Å². The number of allylic oxidation sites excluding steroid dienone is 3. The summed E-state index contributed by atoms with van der Waals surface area (Å²) < 4.78 is 39.6. The fraction of sp³-hybridized carbons (Fsp3) is 0.513. The smallest absolute Gasteiger partial charge is 0.319 e. The van der Waals surface area contributed by atoms with Crippen molar-refractivity contribution in [2.24, 2.45) is 4.99 Å². The van der Waals surface area contributed by atoms with Crippen LogP contribution in [0.15, 0.2) is 35.3 Å². The molecule has 2 aromatic carbocycles. The number of ether oxygens (including phenoxy) is 1. The van der Waals surface area contributed by atoms with Crippen molar-refractivity contribution in [3.05, 3.63) is 58.5 Å². The number of anilines is 1. The molecule has 260 valence electrons. The number of fused-ring (bicyclic) bond motifs is 3. The van der Waals surface area contributed by atoms with Crippen molar-refractivity contribution in [2.45, 2.75) is 96.7 Å². The van der Waals surface area contributed by atoms with Crippen molar-refractivity contribution in [1.29, 1.82) is 0 Å². The quantitative estimate of drug-likeness (QED) is 0.256. The Hall–Kier alpha value is -3.89. The molecular formula is C39H47F2N5O3. The molecule has 1 aromatic heterocycles. The predicted octanol–water partition coefficient (Wildman–Crippen LogP) is 7.50. The Labute approximate surface area is 287 Å². The molecule has 7 rings (SSSR count). The van der Waals surface area contributed by atoms with E-state index in [1.807, 2.05) is 38.7 Å². The highest BCUT2D eigenvalue weighted by atomic mass is 19.1. The first-order chi connectivity index (χ1) is 23.7. The number of halogens is 2. The van der Waals surface area contributed by atoms with E-state index >= 15 is 8.78 Å². The number of nitrogens with zero attached hydrogens (tertiary/aromatic N) is 5. The summed E-state index contributed by atoms with van der Waals surface area (Å²) in [6.07, 6.45) is 8.21. The van der Waals surface area contributed by atoms with Gasteiger partial charge in [-0.1, -0.05) is 26.0 Å². The number of aliphatic imine (C=N–C) groups is 1. The monoisotopic (exact) mass is 671 g/mol. The molecule has 4 heterocycles. The molecule has 0 bridgehead atoms. The molecule has 49 heavy (non-hydrogen) atoms. The number of β-amino-alcohol motifs (C(OH)–C–C–N with tert-alkyl or cyclic N) is 1. The summed E-state index contributed by atoms with van der Waals surface area (Å²) >= 11 is 0. The van der Waals surface area contributed by atoms with E-state index < -0.39 is 11.9 Å². The zero-order valence-corrected chi connectivity index (χ0v) is 29.0. The van der Waals surface area contributed by atoms with Crippen molar-refractivity contribution in [2.75, 3.05) is 37.7 Å². The van der Waals surface area contributed by atoms with E-state index in [1.165, 1.54) is 12.1 Å². The number of hydrogen-bond donors (Lipinski definition) is 2. The number of aliphatic hydroxyl groups excluding tert-OH is 1. The number of piperidine rings is 1. The zero-order chi connectivity index (χ0) is 34.4. The highest BCUT2D eigenvalue weighted by molar-refractivity contribution is 6.51. The third kappa shape index (κ3) is 5.90. The molecule has 0 saturated carbocycles. The van der Waals surface area contributed by atoms with Crippen LogP contribution >= 0.6 is 0 Å². The number of phenolic OH excluding ortho intramolecular Hbond substituents is 1. The fourth-order valence-electron chi connectivity index (χ4n) is 8.43. The molecule has 2 atom stereocenters. The number of aryl methyl sites for hydroxylation is 1. The molecule has 2 unspecified atom stereocenters. The maximum atomic E-state index is 17.8. The molecule has 10 heteroatoms. The minimum atomic E-state index is -0.631. The second-order valence-electron chi connectivity index (χ2n) is 14.1. The molecule has 3 aliphatic heterocycles. The fourth-order valence-corrected chi connectivity index (χ4v) is 8.43. The van der Waals surface area contributed by atoms with Gasteiger partial charge in [0.15, 0.2) is 5.83 Å². The molecule has 0 radical (unpaired) electrons. The van der Waals surface area contributed by atoms with Crippen LogP contribution in [0.2, 0.25) is 0 Å². The Bertz CT molecular complexity index is 1860. The van der Waals surface area contributed by atoms with Crippen LogP contribution in [0.4, 0.5) is 14.6 Å². The van der Waals surface area contributed by atoms with E-state index in [4.69, 9.17) is 19.7 Å². The van der Waals surface area contributed by atoms with Crippen LogP contribution in [0.25, 0.3) is 27.7 Å². The normalized spacial score (nSPS) is 23.1. The van der Waals surface area contributed by atoms with Gasteiger partial charge in [-0.25, -0.2) is 8.78 Å². The zero-order valence-electron chi connectivity index (χ0n) is 29.0. The van der Waals surface area contributed by atoms with Crippen molar-refractivity contribution < 1.29 is 23.7 Å². The van der Waals surface area contributed by atoms with Gasteiger partial charge < -0.3 is 19.8 Å². The molecule has 8 nitrogen and oxygen atoms in total. The molecule has 1 aliphatic carbocycles. The van der Waals surface area contributed by atoms with E-state index in [9.17, 15) is 10.2 Å². The van der Waals surface area contributed by atoms with E-state index in [-0.39, 0.29) is 40.4 Å². The SMILES string of the molecule is C/C=C1\C(=NC(C)CC)C(c2cc(O)cc3ccc(F)c(CC)c23)=C(F)c2nc(OCC34CCCN3CCC4)nc(N3CCCC(O)C3)c21. The summed E-state index contributed by atoms with van der Waals surface area (Å²) in [4.78, 5) is 19.4. The Morgan fingerprint density at radius 3 is 2.57 bits per heavy atom. The summed E-state index contributed by atoms with van der Waals surface area (Å²) in [7, 11) is 0. The van der Waals surface area contributed by atoms with Crippen LogP contribution in [0.5, 0.6) is 11.8 Å². The number of aliphatic hydroxyl groups is 1. The lowest BCUT2D eigenvalue weighted by Gasteiger charge is -2.35. The second-order valence-corrected chi connectivity index (χ2v) is 14.1. The number of aromatic nitrogens is 2. The number of phenols is 1. The molecule has 3 saturated heterocycles. The highest BCUT2D eigenvalue weighted by Gasteiger charge is 2.45. The van der Waals surface area contributed by atoms with Gasteiger partial charge >= 0.3 is 6.01 Å². The van der Waals surface area contributed by atoms with Gasteiger partial charge in [0.1, 0.15) is 29.7 Å². The number of hydrogen-bond acceptors (Lipinski definition) is 8. The van der Waals surface area contributed by atoms with Crippen molar-refractivity contribution >= 4 is 39.3 Å². The van der Waals surface area contributed by atoms with Crippen LogP contribution in [0.1, 0.15) is 95.0 Å². The summed E-state index contributed by atoms with van der Waals surface area (Å²) in [6.45, 7) is 11.3. The Kier molecular flexibility index (Phi) is 9.21. The van der Waals surface area contributed by atoms with E-state index in [0.717, 1.165) is 45.2 Å². The number of aromatic hydroxyl groups is 1. The topological polar surface area (TPSA) is 94.3 Å². The van der Waals surface area contributed by atoms with Gasteiger partial charge in [0.2, 0.25) is 0 Å². The van der Waals surface area contributed by atoms with E-state index in [2.05, 4.69) is 4.90 Å². The molecular weight excluding hydrogens is 624 g/mol. The molecule has 4 aliphatic rings. The third-order valence-electron chi connectivity index (χ3n) is 11.0. The minimum Gasteiger partial charge on any atom is -0.508 e. The first-order valence-corrected chi connectivity index (χ1v) is 18.0. The Morgan fingerprint density at radius 1 is 1.10 bits per heavy atom. The average Bonchev–Trinajstić information content (AvgIpc) is 3.68. The van der Waals surface area contributed by atoms with Gasteiger partial charge in [-0.05, 0) is 118 Å². The summed E-state index contributed by atoms with van der Waals surface area (Å²) in [5.74, 6) is -0.569. The Morgan fingerprint density at radius 2 is 1.88 bits per heavy atom. The van der Waals surface area contributed by atoms with E-state index in [0.29, 0.717) is 83.5 Å². The molecule has 2 N–H and O–H groups in total. The lowest BCUT2D eigenvalue weighted by Crippen LogP contribution is -2.43. The second kappa shape index (κ2) is 13.4. The van der Waals surface area contributed by atoms with Crippen molar-refractivity contribution in [3.8, 4) is 11.8 Å². The lowest BCUT2D eigenvalue weighted by atomic mass is 9.81. The van der Waals surface area contributed by atoms with Crippen LogP contribution < -0.4 is 9.64 Å². The van der Waals surface area contributed by atoms with Crippen LogP contribution in [0.3, 0.4) is 0 Å².